The molecule has 0 amide bonds. The molecule has 0 aliphatic rings. The second-order valence-electron chi connectivity index (χ2n) is 14.9. The van der Waals surface area contributed by atoms with Crippen LogP contribution in [0.2, 0.25) is 0 Å². The van der Waals surface area contributed by atoms with Crippen LogP contribution in [0, 0.1) is 6.92 Å². The summed E-state index contributed by atoms with van der Waals surface area (Å²) in [7, 11) is 4.13. The van der Waals surface area contributed by atoms with Crippen molar-refractivity contribution in [1.82, 2.24) is 15.3 Å². The topological polar surface area (TPSA) is 59.0 Å². The summed E-state index contributed by atoms with van der Waals surface area (Å²) in [5.74, 6) is 0.554. The quantitative estimate of drug-likeness (QED) is 0.0525. The van der Waals surface area contributed by atoms with Crippen LogP contribution in [0.4, 0.5) is 5.69 Å². The zero-order valence-electron chi connectivity index (χ0n) is 35.9. The number of thiocarbonyl (C=S) groups is 1. The van der Waals surface area contributed by atoms with Gasteiger partial charge in [-0.25, -0.2) is 10.0 Å². The van der Waals surface area contributed by atoms with E-state index in [0.29, 0.717) is 18.7 Å². The van der Waals surface area contributed by atoms with Gasteiger partial charge in [-0.1, -0.05) is 142 Å². The maximum absolute atomic E-state index is 12.0. The first kappa shape index (κ1) is 48.3. The van der Waals surface area contributed by atoms with E-state index >= 15 is 0 Å². The second-order valence-corrected chi connectivity index (χ2v) is 15.6. The number of phenolic OH excluding ortho intramolecular Hbond substituents is 1. The van der Waals surface area contributed by atoms with E-state index in [1.54, 1.807) is 18.3 Å². The number of rotatable bonds is 20. The van der Waals surface area contributed by atoms with Gasteiger partial charge in [-0.3, -0.25) is 4.79 Å². The van der Waals surface area contributed by atoms with Crippen molar-refractivity contribution in [3.05, 3.63) is 162 Å². The number of hydrogen-bond acceptors (Lipinski definition) is 7. The lowest BCUT2D eigenvalue weighted by Gasteiger charge is -2.48. The predicted molar refractivity (Wildman–Crippen MR) is 250 cm³/mol. The molecule has 7 heteroatoms. The molecule has 0 heterocycles. The molecular weight excluding hydrogens is 721 g/mol. The van der Waals surface area contributed by atoms with Gasteiger partial charge >= 0.3 is 0 Å². The molecule has 0 fully saturated rings. The molecule has 0 saturated heterocycles. The molecule has 0 aliphatic heterocycles. The molecule has 4 aromatic rings. The number of ketones is 1. The lowest BCUT2D eigenvalue weighted by atomic mass is 9.90. The molecule has 0 radical (unpaired) electrons. The average Bonchev–Trinajstić information content (AvgIpc) is 3.19. The summed E-state index contributed by atoms with van der Waals surface area (Å²) in [6.45, 7) is 26.3. The maximum Gasteiger partial charge on any atom is 0.148 e. The summed E-state index contributed by atoms with van der Waals surface area (Å²) in [4.78, 5) is 15.4. The molecule has 0 spiro atoms. The predicted octanol–water partition coefficient (Wildman–Crippen LogP) is 11.0. The first-order valence-corrected chi connectivity index (χ1v) is 20.4. The third-order valence-corrected chi connectivity index (χ3v) is 9.96. The highest BCUT2D eigenvalue weighted by Crippen LogP contribution is 2.28. The van der Waals surface area contributed by atoms with E-state index in [1.165, 1.54) is 39.1 Å². The number of hydrazine groups is 1. The number of hydrogen-bond donors (Lipinski definition) is 2. The van der Waals surface area contributed by atoms with Crippen molar-refractivity contribution in [2.45, 2.75) is 91.8 Å². The van der Waals surface area contributed by atoms with Crippen LogP contribution < -0.4 is 10.2 Å². The Kier molecular flexibility index (Phi) is 21.6. The number of benzene rings is 4. The van der Waals surface area contributed by atoms with Crippen LogP contribution in [-0.2, 0) is 30.6 Å². The van der Waals surface area contributed by atoms with E-state index < -0.39 is 0 Å². The number of aryl methyl sites for hydroxylation is 2. The monoisotopic (exact) mass is 789 g/mol. The number of phenols is 1. The fourth-order valence-electron chi connectivity index (χ4n) is 6.96. The molecule has 57 heavy (non-hydrogen) atoms. The van der Waals surface area contributed by atoms with Crippen molar-refractivity contribution < 1.29 is 9.90 Å². The van der Waals surface area contributed by atoms with Crippen LogP contribution in [0.3, 0.4) is 0 Å². The number of anilines is 1. The van der Waals surface area contributed by atoms with Gasteiger partial charge in [0.25, 0.3) is 0 Å². The highest BCUT2D eigenvalue weighted by molar-refractivity contribution is 7.80. The number of aromatic hydroxyl groups is 1. The normalized spacial score (nSPS) is 12.2. The summed E-state index contributed by atoms with van der Waals surface area (Å²) in [5.41, 5.74) is 8.63. The lowest BCUT2D eigenvalue weighted by Crippen LogP contribution is -2.61. The standard InChI is InChI=1S/C22H27NS.C21H33N3O.C7H8O/c1-5-10-18-13-9-14-22(21(18)6-2)23(4)16-20-12-8-7-11-19(20)15-17(3)24;1-7-20(25)17-23(6)24(18(4)16-22-9-3)21(5,8-2)15-19-13-11-10-12-14-19;1-6-2-4-7(8)5-3-6/h6-9,11-14H,2,5,10,15-16H2,1,3-4H3;8-14,18,22H,2-3,7,15-17H2,1,4-6H3;2-5,8H,1H3. The molecule has 4 rings (SSSR count). The van der Waals surface area contributed by atoms with Crippen molar-refractivity contribution in [1.29, 1.82) is 0 Å². The maximum atomic E-state index is 12.0. The minimum Gasteiger partial charge on any atom is -0.508 e. The van der Waals surface area contributed by atoms with Crippen LogP contribution in [0.15, 0.2) is 129 Å². The molecule has 6 nitrogen and oxygen atoms in total. The van der Waals surface area contributed by atoms with Crippen molar-refractivity contribution >= 4 is 34.6 Å². The van der Waals surface area contributed by atoms with E-state index in [-0.39, 0.29) is 17.4 Å². The van der Waals surface area contributed by atoms with E-state index in [9.17, 15) is 4.79 Å². The number of carbonyl (C=O) groups is 1. The third-order valence-electron chi connectivity index (χ3n) is 9.82. The van der Waals surface area contributed by atoms with Gasteiger partial charge in [-0.05, 0) is 92.1 Å². The van der Waals surface area contributed by atoms with Gasteiger partial charge in [0.1, 0.15) is 11.5 Å². The first-order chi connectivity index (χ1) is 27.2. The Morgan fingerprint density at radius 2 is 1.51 bits per heavy atom. The number of likely N-dealkylation sites (N-methyl/N-ethyl adjacent to an activating group) is 1. The zero-order chi connectivity index (χ0) is 42.4. The second kappa shape index (κ2) is 25.4. The van der Waals surface area contributed by atoms with Gasteiger partial charge in [-0.15, -0.1) is 6.58 Å². The van der Waals surface area contributed by atoms with Gasteiger partial charge in [0, 0.05) is 57.3 Å². The fourth-order valence-corrected chi connectivity index (χ4v) is 7.12. The van der Waals surface area contributed by atoms with E-state index in [2.05, 4.69) is 130 Å². The van der Waals surface area contributed by atoms with E-state index in [1.807, 2.05) is 63.2 Å². The van der Waals surface area contributed by atoms with Crippen LogP contribution in [-0.4, -0.2) is 64.5 Å². The Hall–Kier alpha value is -4.82. The number of Topliss-reactive ketones (excluding diaryl/α,β-unsaturated/α-hetero) is 1. The molecule has 2 atom stereocenters. The third kappa shape index (κ3) is 16.3. The summed E-state index contributed by atoms with van der Waals surface area (Å²) in [6, 6.07) is 32.8. The molecule has 0 bridgehead atoms. The van der Waals surface area contributed by atoms with Crippen LogP contribution in [0.1, 0.15) is 80.8 Å². The van der Waals surface area contributed by atoms with Crippen molar-refractivity contribution in [3.8, 4) is 5.75 Å². The average molecular weight is 789 g/mol. The molecule has 0 aliphatic carbocycles. The van der Waals surface area contributed by atoms with Crippen molar-refractivity contribution in [2.24, 2.45) is 0 Å². The van der Waals surface area contributed by atoms with Gasteiger partial charge in [0.2, 0.25) is 0 Å². The van der Waals surface area contributed by atoms with Crippen molar-refractivity contribution in [2.75, 3.05) is 32.1 Å². The summed E-state index contributed by atoms with van der Waals surface area (Å²) in [6.07, 6.45) is 10.1. The molecule has 2 unspecified atom stereocenters. The largest absolute Gasteiger partial charge is 0.508 e. The van der Waals surface area contributed by atoms with Gasteiger partial charge in [0.05, 0.1) is 12.1 Å². The zero-order valence-corrected chi connectivity index (χ0v) is 36.7. The first-order valence-electron chi connectivity index (χ1n) is 20.0. The Balaban J connectivity index is 0.000000329. The molecular formula is C50H68N4O2S. The Morgan fingerprint density at radius 1 is 0.895 bits per heavy atom. The molecule has 2 N–H and O–H groups in total. The Morgan fingerprint density at radius 3 is 2.05 bits per heavy atom. The molecule has 306 valence electrons. The highest BCUT2D eigenvalue weighted by atomic mass is 32.1. The van der Waals surface area contributed by atoms with Gasteiger partial charge in [-0.2, -0.15) is 0 Å². The Bertz CT molecular complexity index is 1820. The van der Waals surface area contributed by atoms with Crippen LogP contribution in [0.25, 0.3) is 6.08 Å². The fraction of sp³-hybridized carbons (Fsp3) is 0.360. The highest BCUT2D eigenvalue weighted by Gasteiger charge is 2.36. The van der Waals surface area contributed by atoms with Gasteiger partial charge in [0.15, 0.2) is 0 Å². The smallest absolute Gasteiger partial charge is 0.148 e. The SMILES string of the molecule is C=CNCC(C)N(N(C)CC(=O)CC)C(C)(C=C)Cc1ccccc1.C=Cc1c(CCC)cccc1N(C)Cc1ccccc1CC(C)=S.Cc1ccc(O)cc1. The number of nitrogens with zero attached hydrogens (tertiary/aromatic N) is 3. The number of nitrogens with one attached hydrogen (secondary N) is 1. The molecule has 0 saturated carbocycles. The minimum atomic E-state index is -0.313. The van der Waals surface area contributed by atoms with E-state index in [4.69, 9.17) is 17.3 Å². The lowest BCUT2D eigenvalue weighted by molar-refractivity contribution is -0.133. The Labute approximate surface area is 350 Å². The summed E-state index contributed by atoms with van der Waals surface area (Å²) < 4.78 is 0. The number of carbonyl (C=O) groups excluding carboxylic acids is 1. The molecule has 0 aromatic heterocycles. The van der Waals surface area contributed by atoms with Crippen LogP contribution >= 0.6 is 12.2 Å². The van der Waals surface area contributed by atoms with E-state index in [0.717, 1.165) is 43.6 Å². The summed E-state index contributed by atoms with van der Waals surface area (Å²) in [5, 5.41) is 16.2. The minimum absolute atomic E-state index is 0.166. The van der Waals surface area contributed by atoms with Gasteiger partial charge < -0.3 is 15.3 Å². The van der Waals surface area contributed by atoms with Crippen molar-refractivity contribution in [3.63, 3.8) is 0 Å². The summed E-state index contributed by atoms with van der Waals surface area (Å²) >= 11 is 5.30. The van der Waals surface area contributed by atoms with Crippen LogP contribution in [0.5, 0.6) is 5.75 Å². The molecule has 4 aromatic carbocycles.